The van der Waals surface area contributed by atoms with Gasteiger partial charge in [0.25, 0.3) is 0 Å². The zero-order chi connectivity index (χ0) is 13.9. The molecule has 0 aliphatic rings. The molecule has 0 heterocycles. The minimum atomic E-state index is -4.68. The summed E-state index contributed by atoms with van der Waals surface area (Å²) < 4.78 is 59.2. The van der Waals surface area contributed by atoms with Gasteiger partial charge in [0.2, 0.25) is 0 Å². The van der Waals surface area contributed by atoms with E-state index in [4.69, 9.17) is 9.47 Å². The van der Waals surface area contributed by atoms with Crippen molar-refractivity contribution in [1.29, 1.82) is 0 Å². The van der Waals surface area contributed by atoms with Crippen LogP contribution in [-0.4, -0.2) is 26.2 Å². The van der Waals surface area contributed by atoms with Crippen LogP contribution < -0.4 is 9.47 Å². The Morgan fingerprint density at radius 2 is 1.67 bits per heavy atom. The van der Waals surface area contributed by atoms with E-state index >= 15 is 0 Å². The van der Waals surface area contributed by atoms with Gasteiger partial charge in [0.15, 0.2) is 17.3 Å². The Bertz CT molecular complexity index is 454. The van der Waals surface area contributed by atoms with Gasteiger partial charge in [0.1, 0.15) is 12.2 Å². The number of rotatable bonds is 4. The molecule has 0 bridgehead atoms. The molecule has 1 aromatic rings. The molecule has 0 fully saturated rings. The second-order valence-electron chi connectivity index (χ2n) is 3.40. The molecule has 0 saturated carbocycles. The van der Waals surface area contributed by atoms with Crippen molar-refractivity contribution in [2.75, 3.05) is 14.2 Å². The van der Waals surface area contributed by atoms with Crippen LogP contribution in [0.5, 0.6) is 11.5 Å². The van der Waals surface area contributed by atoms with E-state index in [9.17, 15) is 22.4 Å². The van der Waals surface area contributed by atoms with Crippen molar-refractivity contribution in [3.05, 3.63) is 23.5 Å². The molecule has 0 atom stereocenters. The molecule has 3 nitrogen and oxygen atoms in total. The van der Waals surface area contributed by atoms with Crippen LogP contribution in [0, 0.1) is 5.82 Å². The van der Waals surface area contributed by atoms with Crippen molar-refractivity contribution in [1.82, 2.24) is 0 Å². The zero-order valence-electron chi connectivity index (χ0n) is 9.60. The van der Waals surface area contributed by atoms with E-state index in [1.54, 1.807) is 0 Å². The van der Waals surface area contributed by atoms with Gasteiger partial charge in [-0.25, -0.2) is 4.39 Å². The van der Waals surface area contributed by atoms with E-state index in [0.29, 0.717) is 0 Å². The van der Waals surface area contributed by atoms with Crippen LogP contribution in [-0.2, 0) is 0 Å². The maximum absolute atomic E-state index is 13.5. The molecule has 0 radical (unpaired) electrons. The van der Waals surface area contributed by atoms with Crippen molar-refractivity contribution in [2.45, 2.75) is 12.6 Å². The molecule has 0 aromatic heterocycles. The fraction of sp³-hybridized carbons (Fsp3) is 0.364. The number of halogens is 4. The van der Waals surface area contributed by atoms with Crippen LogP contribution >= 0.6 is 0 Å². The first-order chi connectivity index (χ1) is 8.28. The number of carbonyl (C=O) groups is 1. The Morgan fingerprint density at radius 1 is 1.17 bits per heavy atom. The standard InChI is InChI=1S/C11H10F4O3/c1-17-9-3-6(7(12)4-10(9)18-2)8(16)5-11(13,14)15/h3-4H,5H2,1-2H3. The highest BCUT2D eigenvalue weighted by atomic mass is 19.4. The first-order valence-electron chi connectivity index (χ1n) is 4.80. The highest BCUT2D eigenvalue weighted by Crippen LogP contribution is 2.31. The van der Waals surface area contributed by atoms with Crippen LogP contribution in [0.3, 0.4) is 0 Å². The highest BCUT2D eigenvalue weighted by Gasteiger charge is 2.33. The number of ether oxygens (including phenoxy) is 2. The van der Waals surface area contributed by atoms with E-state index in [1.165, 1.54) is 14.2 Å². The predicted octanol–water partition coefficient (Wildman–Crippen LogP) is 2.98. The summed E-state index contributed by atoms with van der Waals surface area (Å²) in [6.07, 6.45) is -6.41. The number of hydrogen-bond donors (Lipinski definition) is 0. The Hall–Kier alpha value is -1.79. The van der Waals surface area contributed by atoms with Crippen LogP contribution in [0.2, 0.25) is 0 Å². The molecule has 1 rings (SSSR count). The van der Waals surface area contributed by atoms with Crippen LogP contribution in [0.15, 0.2) is 12.1 Å². The summed E-state index contributed by atoms with van der Waals surface area (Å²) >= 11 is 0. The van der Waals surface area contributed by atoms with Gasteiger partial charge in [-0.3, -0.25) is 4.79 Å². The Labute approximate surface area is 100 Å². The molecule has 0 unspecified atom stereocenters. The third-order valence-electron chi connectivity index (χ3n) is 2.13. The summed E-state index contributed by atoms with van der Waals surface area (Å²) in [4.78, 5) is 11.3. The molecule has 0 N–H and O–H groups in total. The molecule has 0 aliphatic carbocycles. The van der Waals surface area contributed by atoms with Gasteiger partial charge in [-0.05, 0) is 6.07 Å². The van der Waals surface area contributed by atoms with Crippen molar-refractivity contribution < 1.29 is 31.8 Å². The fourth-order valence-electron chi connectivity index (χ4n) is 1.35. The van der Waals surface area contributed by atoms with Gasteiger partial charge in [0, 0.05) is 6.07 Å². The predicted molar refractivity (Wildman–Crippen MR) is 54.5 cm³/mol. The third-order valence-corrected chi connectivity index (χ3v) is 2.13. The molecular weight excluding hydrogens is 256 g/mol. The lowest BCUT2D eigenvalue weighted by Crippen LogP contribution is -2.16. The molecular formula is C11H10F4O3. The number of ketones is 1. The van der Waals surface area contributed by atoms with Crippen LogP contribution in [0.25, 0.3) is 0 Å². The largest absolute Gasteiger partial charge is 0.493 e. The number of carbonyl (C=O) groups excluding carboxylic acids is 1. The summed E-state index contributed by atoms with van der Waals surface area (Å²) in [5, 5.41) is 0. The quantitative estimate of drug-likeness (QED) is 0.620. The Morgan fingerprint density at radius 3 is 2.11 bits per heavy atom. The van der Waals surface area contributed by atoms with Crippen molar-refractivity contribution in [3.8, 4) is 11.5 Å². The maximum Gasteiger partial charge on any atom is 0.396 e. The SMILES string of the molecule is COc1cc(F)c(C(=O)CC(F)(F)F)cc1OC. The average Bonchev–Trinajstić information content (AvgIpc) is 2.26. The Kier molecular flexibility index (Phi) is 4.15. The van der Waals surface area contributed by atoms with E-state index in [2.05, 4.69) is 0 Å². The second kappa shape index (κ2) is 5.24. The lowest BCUT2D eigenvalue weighted by molar-refractivity contribution is -0.125. The first-order valence-corrected chi connectivity index (χ1v) is 4.80. The summed E-state index contributed by atoms with van der Waals surface area (Å²) in [5.74, 6) is -2.45. The number of benzene rings is 1. The molecule has 0 spiro atoms. The van der Waals surface area contributed by atoms with Gasteiger partial charge in [-0.2, -0.15) is 13.2 Å². The van der Waals surface area contributed by atoms with E-state index in [1.807, 2.05) is 0 Å². The Balaban J connectivity index is 3.13. The van der Waals surface area contributed by atoms with E-state index < -0.39 is 29.8 Å². The van der Waals surface area contributed by atoms with E-state index in [-0.39, 0.29) is 11.5 Å². The molecule has 0 aliphatic heterocycles. The normalized spacial score (nSPS) is 11.2. The van der Waals surface area contributed by atoms with Gasteiger partial charge < -0.3 is 9.47 Å². The zero-order valence-corrected chi connectivity index (χ0v) is 9.60. The third kappa shape index (κ3) is 3.35. The molecule has 18 heavy (non-hydrogen) atoms. The molecule has 0 saturated heterocycles. The number of methoxy groups -OCH3 is 2. The van der Waals surface area contributed by atoms with Crippen LogP contribution in [0.4, 0.5) is 17.6 Å². The van der Waals surface area contributed by atoms with Gasteiger partial charge in [0.05, 0.1) is 19.8 Å². The molecule has 1 aromatic carbocycles. The summed E-state index contributed by atoms with van der Waals surface area (Å²) in [6.45, 7) is 0. The highest BCUT2D eigenvalue weighted by molar-refractivity contribution is 5.97. The first kappa shape index (κ1) is 14.3. The maximum atomic E-state index is 13.5. The fourth-order valence-corrected chi connectivity index (χ4v) is 1.35. The minimum absolute atomic E-state index is 0.00133. The summed E-state index contributed by atoms with van der Waals surface area (Å²) in [5.41, 5.74) is -0.676. The summed E-state index contributed by atoms with van der Waals surface area (Å²) in [7, 11) is 2.47. The monoisotopic (exact) mass is 266 g/mol. The average molecular weight is 266 g/mol. The van der Waals surface area contributed by atoms with Crippen molar-refractivity contribution in [2.24, 2.45) is 0 Å². The van der Waals surface area contributed by atoms with Crippen LogP contribution in [0.1, 0.15) is 16.8 Å². The summed E-state index contributed by atoms with van der Waals surface area (Å²) in [6, 6.07) is 1.70. The number of Topliss-reactive ketones (excluding diaryl/α,β-unsaturated/α-hetero) is 1. The lowest BCUT2D eigenvalue weighted by Gasteiger charge is -2.11. The van der Waals surface area contributed by atoms with E-state index in [0.717, 1.165) is 12.1 Å². The van der Waals surface area contributed by atoms with Gasteiger partial charge in [-0.1, -0.05) is 0 Å². The number of hydrogen-bond acceptors (Lipinski definition) is 3. The smallest absolute Gasteiger partial charge is 0.396 e. The second-order valence-corrected chi connectivity index (χ2v) is 3.40. The molecule has 7 heteroatoms. The molecule has 0 amide bonds. The van der Waals surface area contributed by atoms with Crippen molar-refractivity contribution >= 4 is 5.78 Å². The number of alkyl halides is 3. The topological polar surface area (TPSA) is 35.5 Å². The lowest BCUT2D eigenvalue weighted by atomic mass is 10.1. The van der Waals surface area contributed by atoms with Gasteiger partial charge in [-0.15, -0.1) is 0 Å². The molecule has 100 valence electrons. The van der Waals surface area contributed by atoms with Gasteiger partial charge >= 0.3 is 6.18 Å². The minimum Gasteiger partial charge on any atom is -0.493 e. The van der Waals surface area contributed by atoms with Crippen molar-refractivity contribution in [3.63, 3.8) is 0 Å².